The summed E-state index contributed by atoms with van der Waals surface area (Å²) in [7, 11) is 1.37. The summed E-state index contributed by atoms with van der Waals surface area (Å²) in [5, 5.41) is 11.8. The fraction of sp³-hybridized carbons (Fsp3) is 0.900. The molecule has 26 heavy (non-hydrogen) atoms. The van der Waals surface area contributed by atoms with Crippen molar-refractivity contribution in [2.45, 2.75) is 98.3 Å². The molecule has 1 aliphatic heterocycles. The van der Waals surface area contributed by atoms with Gasteiger partial charge in [-0.3, -0.25) is 9.59 Å². The number of carbonyl (C=O) groups is 2. The Labute approximate surface area is 158 Å². The van der Waals surface area contributed by atoms with E-state index in [-0.39, 0.29) is 18.0 Å². The van der Waals surface area contributed by atoms with Crippen LogP contribution in [0.15, 0.2) is 0 Å². The van der Waals surface area contributed by atoms with Gasteiger partial charge in [-0.2, -0.15) is 5.06 Å². The zero-order valence-corrected chi connectivity index (χ0v) is 17.9. The number of hydrogen-bond acceptors (Lipinski definition) is 6. The molecule has 0 aliphatic carbocycles. The van der Waals surface area contributed by atoms with E-state index < -0.39 is 21.9 Å². The van der Waals surface area contributed by atoms with Crippen molar-refractivity contribution >= 4 is 11.9 Å². The van der Waals surface area contributed by atoms with Gasteiger partial charge in [0.25, 0.3) is 0 Å². The molecule has 6 nitrogen and oxygen atoms in total. The average molecular weight is 372 g/mol. The van der Waals surface area contributed by atoms with Gasteiger partial charge in [0.1, 0.15) is 6.10 Å². The zero-order chi connectivity index (χ0) is 20.6. The molecule has 0 spiro atoms. The molecule has 1 aliphatic rings. The monoisotopic (exact) mass is 371 g/mol. The zero-order valence-electron chi connectivity index (χ0n) is 17.9. The summed E-state index contributed by atoms with van der Waals surface area (Å²) in [6.07, 6.45) is 1.77. The summed E-state index contributed by atoms with van der Waals surface area (Å²) >= 11 is 0. The van der Waals surface area contributed by atoms with Gasteiger partial charge < -0.3 is 14.7 Å². The average Bonchev–Trinajstić information content (AvgIpc) is 2.50. The van der Waals surface area contributed by atoms with Crippen molar-refractivity contribution in [2.75, 3.05) is 7.11 Å². The Kier molecular flexibility index (Phi) is 6.58. The lowest BCUT2D eigenvalue weighted by molar-refractivity contribution is -0.260. The summed E-state index contributed by atoms with van der Waals surface area (Å²) in [5.74, 6) is -0.624. The highest BCUT2D eigenvalue weighted by atomic mass is 16.6. The van der Waals surface area contributed by atoms with Crippen LogP contribution in [0.4, 0.5) is 0 Å². The molecule has 0 bridgehead atoms. The molecule has 0 amide bonds. The number of hydrogen-bond donors (Lipinski definition) is 1. The van der Waals surface area contributed by atoms with E-state index in [1.165, 1.54) is 12.2 Å². The molecule has 6 heteroatoms. The third kappa shape index (κ3) is 4.77. The van der Waals surface area contributed by atoms with Gasteiger partial charge in [0.15, 0.2) is 0 Å². The second-order valence-corrected chi connectivity index (χ2v) is 9.84. The summed E-state index contributed by atoms with van der Waals surface area (Å²) in [5.41, 5.74) is -2.52. The molecule has 0 aromatic carbocycles. The highest BCUT2D eigenvalue weighted by Gasteiger charge is 2.48. The minimum Gasteiger partial charge on any atom is -0.469 e. The highest BCUT2D eigenvalue weighted by molar-refractivity contribution is 5.80. The molecule has 1 unspecified atom stereocenters. The normalized spacial score (nSPS) is 23.2. The highest BCUT2D eigenvalue weighted by Crippen LogP contribution is 2.41. The molecule has 1 atom stereocenters. The first-order valence-corrected chi connectivity index (χ1v) is 9.40. The maximum Gasteiger partial charge on any atom is 0.311 e. The Balaban J connectivity index is 2.90. The Morgan fingerprint density at radius 3 is 1.92 bits per heavy atom. The van der Waals surface area contributed by atoms with Crippen LogP contribution in [0.25, 0.3) is 0 Å². The van der Waals surface area contributed by atoms with E-state index in [1.54, 1.807) is 0 Å². The predicted molar refractivity (Wildman–Crippen MR) is 99.7 cm³/mol. The number of ether oxygens (including phenoxy) is 2. The van der Waals surface area contributed by atoms with E-state index in [9.17, 15) is 14.8 Å². The molecule has 1 saturated heterocycles. The number of rotatable bonds is 6. The van der Waals surface area contributed by atoms with Crippen LogP contribution in [-0.2, 0) is 19.1 Å². The largest absolute Gasteiger partial charge is 0.469 e. The lowest BCUT2D eigenvalue weighted by atomic mass is 9.72. The number of esters is 2. The molecule has 0 saturated carbocycles. The van der Waals surface area contributed by atoms with Crippen molar-refractivity contribution in [3.05, 3.63) is 0 Å². The smallest absolute Gasteiger partial charge is 0.311 e. The summed E-state index contributed by atoms with van der Waals surface area (Å²) in [6, 6.07) is 0. The number of piperidine rings is 1. The van der Waals surface area contributed by atoms with Crippen LogP contribution in [0, 0.1) is 10.8 Å². The van der Waals surface area contributed by atoms with Crippen molar-refractivity contribution < 1.29 is 24.3 Å². The first kappa shape index (κ1) is 22.9. The van der Waals surface area contributed by atoms with Gasteiger partial charge in [0.2, 0.25) is 0 Å². The van der Waals surface area contributed by atoms with Crippen LogP contribution in [0.2, 0.25) is 0 Å². The molecule has 1 fully saturated rings. The van der Waals surface area contributed by atoms with E-state index in [1.807, 2.05) is 55.4 Å². The summed E-state index contributed by atoms with van der Waals surface area (Å²) in [6.45, 7) is 15.1. The first-order chi connectivity index (χ1) is 11.6. The van der Waals surface area contributed by atoms with Crippen molar-refractivity contribution in [1.29, 1.82) is 0 Å². The third-order valence-corrected chi connectivity index (χ3v) is 5.72. The molecular formula is C20H37NO5. The van der Waals surface area contributed by atoms with Crippen LogP contribution in [0.3, 0.4) is 0 Å². The van der Waals surface area contributed by atoms with Crippen molar-refractivity contribution in [2.24, 2.45) is 10.8 Å². The van der Waals surface area contributed by atoms with Gasteiger partial charge in [-0.15, -0.1) is 0 Å². The van der Waals surface area contributed by atoms with Crippen LogP contribution in [-0.4, -0.2) is 46.5 Å². The second kappa shape index (κ2) is 7.47. The predicted octanol–water partition coefficient (Wildman–Crippen LogP) is 3.95. The van der Waals surface area contributed by atoms with E-state index in [0.29, 0.717) is 25.7 Å². The molecule has 1 heterocycles. The molecule has 0 radical (unpaired) electrons. The molecule has 152 valence electrons. The summed E-state index contributed by atoms with van der Waals surface area (Å²) < 4.78 is 10.8. The Morgan fingerprint density at radius 1 is 1.08 bits per heavy atom. The van der Waals surface area contributed by atoms with Crippen LogP contribution in [0.1, 0.15) is 81.1 Å². The number of hydroxylamine groups is 2. The van der Waals surface area contributed by atoms with E-state index >= 15 is 0 Å². The van der Waals surface area contributed by atoms with Crippen molar-refractivity contribution in [1.82, 2.24) is 5.06 Å². The topological polar surface area (TPSA) is 76.1 Å². The SMILES string of the molecule is CCC(C)(CC(C)(C)C(=O)OC1CC(C)(C)N(O)C(C)(C)C1)C(=O)OC. The van der Waals surface area contributed by atoms with E-state index in [4.69, 9.17) is 9.47 Å². The van der Waals surface area contributed by atoms with Gasteiger partial charge in [-0.1, -0.05) is 6.92 Å². The van der Waals surface area contributed by atoms with Gasteiger partial charge in [-0.25, -0.2) is 0 Å². The minimum atomic E-state index is -0.816. The number of carbonyl (C=O) groups excluding carboxylic acids is 2. The Morgan fingerprint density at radius 2 is 1.54 bits per heavy atom. The van der Waals surface area contributed by atoms with Crippen LogP contribution in [0.5, 0.6) is 0 Å². The van der Waals surface area contributed by atoms with Gasteiger partial charge in [-0.05, 0) is 61.3 Å². The lowest BCUT2D eigenvalue weighted by Gasteiger charge is -2.51. The lowest BCUT2D eigenvalue weighted by Crippen LogP contribution is -2.61. The molecular weight excluding hydrogens is 334 g/mol. The molecule has 1 rings (SSSR count). The maximum absolute atomic E-state index is 12.9. The molecule has 0 aromatic heterocycles. The van der Waals surface area contributed by atoms with E-state index in [0.717, 1.165) is 0 Å². The number of methoxy groups -OCH3 is 1. The van der Waals surface area contributed by atoms with Crippen LogP contribution < -0.4 is 0 Å². The van der Waals surface area contributed by atoms with Gasteiger partial charge in [0.05, 0.1) is 17.9 Å². The molecule has 0 aromatic rings. The Hall–Kier alpha value is -1.14. The first-order valence-electron chi connectivity index (χ1n) is 9.40. The van der Waals surface area contributed by atoms with Crippen LogP contribution >= 0.6 is 0 Å². The number of nitrogens with zero attached hydrogens (tertiary/aromatic N) is 1. The quantitative estimate of drug-likeness (QED) is 0.713. The fourth-order valence-electron chi connectivity index (χ4n) is 4.21. The standard InChI is InChI=1S/C20H37NO5/c1-10-20(8,16(23)25-9)13-17(2,3)15(22)26-14-11-18(4,5)21(24)19(6,7)12-14/h14,24H,10-13H2,1-9H3. The second-order valence-electron chi connectivity index (χ2n) is 9.84. The third-order valence-electron chi connectivity index (χ3n) is 5.72. The van der Waals surface area contributed by atoms with Gasteiger partial charge >= 0.3 is 11.9 Å². The maximum atomic E-state index is 12.9. The molecule has 1 N–H and O–H groups in total. The van der Waals surface area contributed by atoms with Crippen molar-refractivity contribution in [3.63, 3.8) is 0 Å². The fourth-order valence-corrected chi connectivity index (χ4v) is 4.21. The minimum absolute atomic E-state index is 0.277. The Bertz CT molecular complexity index is 522. The van der Waals surface area contributed by atoms with Gasteiger partial charge in [0, 0.05) is 23.9 Å². The van der Waals surface area contributed by atoms with E-state index in [2.05, 4.69) is 0 Å². The summed E-state index contributed by atoms with van der Waals surface area (Å²) in [4.78, 5) is 25.0. The van der Waals surface area contributed by atoms with Crippen molar-refractivity contribution in [3.8, 4) is 0 Å².